The molecule has 0 fully saturated rings. The average molecular weight is 326 g/mol. The van der Waals surface area contributed by atoms with Crippen LogP contribution in [0.3, 0.4) is 0 Å². The summed E-state index contributed by atoms with van der Waals surface area (Å²) in [5, 5.41) is 11.4. The molecule has 1 amide bonds. The highest BCUT2D eigenvalue weighted by Gasteiger charge is 2.52. The second-order valence-corrected chi connectivity index (χ2v) is 5.86. The summed E-state index contributed by atoms with van der Waals surface area (Å²) in [5.41, 5.74) is 0.547. The van der Waals surface area contributed by atoms with Gasteiger partial charge in [-0.2, -0.15) is 18.4 Å². The molecule has 1 N–H and O–H groups in total. The summed E-state index contributed by atoms with van der Waals surface area (Å²) in [7, 11) is 0. The van der Waals surface area contributed by atoms with Crippen molar-refractivity contribution in [2.75, 3.05) is 0 Å². The Morgan fingerprint density at radius 1 is 1.39 bits per heavy atom. The zero-order chi connectivity index (χ0) is 17.2. The molecule has 0 unspecified atom stereocenters. The first kappa shape index (κ1) is 17.1. The average Bonchev–Trinajstić information content (AvgIpc) is 2.49. The minimum atomic E-state index is -4.67. The standard InChI is InChI=1S/C16H17F3N2O2/c1-9(2)12(8-20)21-15(22)11-7-10-5-3-4-6-13(10)23-14(11)16(17,18)19/h3-6,9,11-12,14H,7H2,1-2H3,(H,21,22)/t11-,12+,14-/m1/s1. The van der Waals surface area contributed by atoms with Gasteiger partial charge in [0.25, 0.3) is 0 Å². The minimum absolute atomic E-state index is 0.0809. The zero-order valence-electron chi connectivity index (χ0n) is 12.7. The summed E-state index contributed by atoms with van der Waals surface area (Å²) in [6.07, 6.45) is -6.97. The van der Waals surface area contributed by atoms with Crippen molar-refractivity contribution in [1.82, 2.24) is 5.32 Å². The Morgan fingerprint density at radius 3 is 2.61 bits per heavy atom. The fourth-order valence-electron chi connectivity index (χ4n) is 2.48. The van der Waals surface area contributed by atoms with Crippen molar-refractivity contribution >= 4 is 5.91 Å². The van der Waals surface area contributed by atoms with E-state index in [-0.39, 0.29) is 18.1 Å². The highest BCUT2D eigenvalue weighted by molar-refractivity contribution is 5.81. The molecule has 7 heteroatoms. The summed E-state index contributed by atoms with van der Waals surface area (Å²) in [4.78, 5) is 12.3. The molecule has 23 heavy (non-hydrogen) atoms. The number of nitrogens with one attached hydrogen (secondary N) is 1. The Hall–Kier alpha value is -2.23. The number of nitrogens with zero attached hydrogens (tertiary/aromatic N) is 1. The van der Waals surface area contributed by atoms with Crippen molar-refractivity contribution in [2.24, 2.45) is 11.8 Å². The molecule has 1 aromatic rings. The van der Waals surface area contributed by atoms with Gasteiger partial charge in [0.15, 0.2) is 0 Å². The molecule has 1 aliphatic heterocycles. The van der Waals surface area contributed by atoms with Gasteiger partial charge in [-0.3, -0.25) is 4.79 Å². The van der Waals surface area contributed by atoms with Crippen LogP contribution in [0.15, 0.2) is 24.3 Å². The van der Waals surface area contributed by atoms with Crippen LogP contribution in [0.4, 0.5) is 13.2 Å². The van der Waals surface area contributed by atoms with Crippen LogP contribution in [0.1, 0.15) is 19.4 Å². The van der Waals surface area contributed by atoms with E-state index in [1.54, 1.807) is 32.0 Å². The lowest BCUT2D eigenvalue weighted by atomic mass is 9.89. The predicted molar refractivity (Wildman–Crippen MR) is 76.5 cm³/mol. The second-order valence-electron chi connectivity index (χ2n) is 5.86. The summed E-state index contributed by atoms with van der Waals surface area (Å²) < 4.78 is 44.8. The molecule has 0 spiro atoms. The number of para-hydroxylation sites is 1. The predicted octanol–water partition coefficient (Wildman–Crippen LogP) is 2.83. The summed E-state index contributed by atoms with van der Waals surface area (Å²) in [6, 6.07) is 7.39. The quantitative estimate of drug-likeness (QED) is 0.929. The Balaban J connectivity index is 2.27. The van der Waals surface area contributed by atoms with Gasteiger partial charge in [0.1, 0.15) is 11.8 Å². The Bertz CT molecular complexity index is 622. The molecular weight excluding hydrogens is 309 g/mol. The lowest BCUT2D eigenvalue weighted by molar-refractivity contribution is -0.213. The Morgan fingerprint density at radius 2 is 2.04 bits per heavy atom. The molecule has 0 saturated carbocycles. The Kier molecular flexibility index (Phi) is 4.83. The van der Waals surface area contributed by atoms with Gasteiger partial charge in [0.2, 0.25) is 12.0 Å². The van der Waals surface area contributed by atoms with Crippen LogP contribution in [0.5, 0.6) is 5.75 Å². The normalized spacial score (nSPS) is 21.8. The molecule has 3 atom stereocenters. The van der Waals surface area contributed by atoms with Gasteiger partial charge in [0.05, 0.1) is 12.0 Å². The van der Waals surface area contributed by atoms with Crippen LogP contribution in [0.25, 0.3) is 0 Å². The topological polar surface area (TPSA) is 62.1 Å². The third-order valence-corrected chi connectivity index (χ3v) is 3.79. The van der Waals surface area contributed by atoms with Crippen molar-refractivity contribution < 1.29 is 22.7 Å². The lowest BCUT2D eigenvalue weighted by Crippen LogP contribution is -2.53. The van der Waals surface area contributed by atoms with Gasteiger partial charge >= 0.3 is 6.18 Å². The second kappa shape index (κ2) is 6.49. The number of hydrogen-bond donors (Lipinski definition) is 1. The van der Waals surface area contributed by atoms with E-state index in [0.717, 1.165) is 0 Å². The van der Waals surface area contributed by atoms with Gasteiger partial charge in [-0.25, -0.2) is 0 Å². The van der Waals surface area contributed by atoms with Crippen molar-refractivity contribution in [1.29, 1.82) is 5.26 Å². The summed E-state index contributed by atoms with van der Waals surface area (Å²) in [5.74, 6) is -2.30. The number of alkyl halides is 3. The maximum atomic E-state index is 13.3. The fourth-order valence-corrected chi connectivity index (χ4v) is 2.48. The van der Waals surface area contributed by atoms with Crippen molar-refractivity contribution in [3.63, 3.8) is 0 Å². The van der Waals surface area contributed by atoms with Crippen molar-refractivity contribution in [3.05, 3.63) is 29.8 Å². The van der Waals surface area contributed by atoms with E-state index < -0.39 is 30.1 Å². The van der Waals surface area contributed by atoms with Gasteiger partial charge in [-0.05, 0) is 24.0 Å². The summed E-state index contributed by atoms with van der Waals surface area (Å²) in [6.45, 7) is 3.42. The molecule has 1 aliphatic rings. The van der Waals surface area contributed by atoms with E-state index in [1.807, 2.05) is 6.07 Å². The number of ether oxygens (including phenoxy) is 1. The zero-order valence-corrected chi connectivity index (χ0v) is 12.7. The first-order valence-corrected chi connectivity index (χ1v) is 7.25. The van der Waals surface area contributed by atoms with Crippen LogP contribution in [0.2, 0.25) is 0 Å². The third kappa shape index (κ3) is 3.76. The van der Waals surface area contributed by atoms with Gasteiger partial charge in [0, 0.05) is 0 Å². The lowest BCUT2D eigenvalue weighted by Gasteiger charge is -2.34. The van der Waals surface area contributed by atoms with Crippen LogP contribution in [0, 0.1) is 23.2 Å². The molecule has 1 aromatic carbocycles. The SMILES string of the molecule is CC(C)[C@H](C#N)NC(=O)[C@@H]1Cc2ccccc2O[C@H]1C(F)(F)F. The molecule has 4 nitrogen and oxygen atoms in total. The highest BCUT2D eigenvalue weighted by Crippen LogP contribution is 2.38. The molecule has 0 aliphatic carbocycles. The minimum Gasteiger partial charge on any atom is -0.480 e. The van der Waals surface area contributed by atoms with E-state index in [9.17, 15) is 18.0 Å². The number of fused-ring (bicyclic) bond motifs is 1. The smallest absolute Gasteiger partial charge is 0.426 e. The maximum absolute atomic E-state index is 13.3. The summed E-state index contributed by atoms with van der Waals surface area (Å²) >= 11 is 0. The van der Waals surface area contributed by atoms with E-state index in [4.69, 9.17) is 10.00 Å². The van der Waals surface area contributed by atoms with Gasteiger partial charge < -0.3 is 10.1 Å². The first-order valence-electron chi connectivity index (χ1n) is 7.25. The van der Waals surface area contributed by atoms with Crippen molar-refractivity contribution in [3.8, 4) is 11.8 Å². The largest absolute Gasteiger partial charge is 0.480 e. The number of nitriles is 1. The number of rotatable bonds is 3. The number of halogens is 3. The monoisotopic (exact) mass is 326 g/mol. The van der Waals surface area contributed by atoms with E-state index in [0.29, 0.717) is 5.56 Å². The molecule has 0 radical (unpaired) electrons. The van der Waals surface area contributed by atoms with Gasteiger partial charge in [-0.15, -0.1) is 0 Å². The number of amides is 1. The van der Waals surface area contributed by atoms with Crippen molar-refractivity contribution in [2.45, 2.75) is 38.6 Å². The van der Waals surface area contributed by atoms with E-state index in [1.165, 1.54) is 6.07 Å². The molecule has 0 bridgehead atoms. The van der Waals surface area contributed by atoms with Crippen LogP contribution >= 0.6 is 0 Å². The van der Waals surface area contributed by atoms with Gasteiger partial charge in [-0.1, -0.05) is 32.0 Å². The third-order valence-electron chi connectivity index (χ3n) is 3.79. The van der Waals surface area contributed by atoms with Crippen LogP contribution in [-0.4, -0.2) is 24.2 Å². The Labute approximate surface area is 132 Å². The van der Waals surface area contributed by atoms with E-state index >= 15 is 0 Å². The van der Waals surface area contributed by atoms with E-state index in [2.05, 4.69) is 5.32 Å². The number of hydrogen-bond acceptors (Lipinski definition) is 3. The molecule has 2 rings (SSSR count). The molecule has 1 heterocycles. The molecule has 124 valence electrons. The molecule has 0 aromatic heterocycles. The molecule has 0 saturated heterocycles. The fraction of sp³-hybridized carbons (Fsp3) is 0.500. The maximum Gasteiger partial charge on any atom is 0.426 e. The van der Waals surface area contributed by atoms with Crippen LogP contribution in [-0.2, 0) is 11.2 Å². The highest BCUT2D eigenvalue weighted by atomic mass is 19.4. The first-order chi connectivity index (χ1) is 10.7. The number of benzene rings is 1. The number of carbonyl (C=O) groups excluding carboxylic acids is 1. The molecular formula is C16H17F3N2O2. The number of carbonyl (C=O) groups is 1. The van der Waals surface area contributed by atoms with Crippen LogP contribution < -0.4 is 10.1 Å².